The standard InChI is InChI=1S/C9H16N2/c1-6(2)8(4)11-9(5)7(3)10/h3,10H2,1-2,4-5H3/b11-9-. The van der Waals surface area contributed by atoms with Crippen molar-refractivity contribution in [2.24, 2.45) is 10.7 Å². The maximum atomic E-state index is 5.44. The minimum atomic E-state index is 0.533. The molecule has 0 spiro atoms. The van der Waals surface area contributed by atoms with Crippen molar-refractivity contribution in [1.82, 2.24) is 0 Å². The second-order valence-corrected chi connectivity index (χ2v) is 2.81. The lowest BCUT2D eigenvalue weighted by atomic mass is 10.2. The summed E-state index contributed by atoms with van der Waals surface area (Å²) in [5, 5.41) is 0. The Morgan fingerprint density at radius 3 is 1.91 bits per heavy atom. The van der Waals surface area contributed by atoms with E-state index in [-0.39, 0.29) is 0 Å². The molecule has 0 saturated heterocycles. The van der Waals surface area contributed by atoms with Crippen LogP contribution in [0.15, 0.2) is 28.5 Å². The van der Waals surface area contributed by atoms with Crippen LogP contribution in [0, 0.1) is 0 Å². The number of rotatable bonds is 2. The molecule has 0 radical (unpaired) electrons. The number of allylic oxidation sites excluding steroid dienone is 3. The Balaban J connectivity index is 4.58. The molecule has 0 rings (SSSR count). The Labute approximate surface area is 68.5 Å². The zero-order chi connectivity index (χ0) is 9.02. The fraction of sp³-hybridized carbons (Fsp3) is 0.444. The highest BCUT2D eigenvalue weighted by Crippen LogP contribution is 2.04. The second kappa shape index (κ2) is 3.96. The normalized spacial score (nSPS) is 11.1. The lowest BCUT2D eigenvalue weighted by molar-refractivity contribution is 1.18. The van der Waals surface area contributed by atoms with Gasteiger partial charge in [-0.2, -0.15) is 0 Å². The van der Waals surface area contributed by atoms with Crippen molar-refractivity contribution in [2.75, 3.05) is 0 Å². The number of hydrogen-bond acceptors (Lipinski definition) is 2. The van der Waals surface area contributed by atoms with Gasteiger partial charge in [0.05, 0.1) is 5.71 Å². The van der Waals surface area contributed by atoms with Crippen LogP contribution in [0.1, 0.15) is 27.7 Å². The number of nitrogens with two attached hydrogens (primary N) is 1. The number of nitrogens with zero attached hydrogens (tertiary/aromatic N) is 1. The minimum Gasteiger partial charge on any atom is -0.398 e. The molecule has 0 aromatic carbocycles. The zero-order valence-corrected chi connectivity index (χ0v) is 7.73. The summed E-state index contributed by atoms with van der Waals surface area (Å²) in [5.74, 6) is 0. The van der Waals surface area contributed by atoms with E-state index in [9.17, 15) is 0 Å². The van der Waals surface area contributed by atoms with Crippen LogP contribution in [0.4, 0.5) is 0 Å². The van der Waals surface area contributed by atoms with E-state index in [1.807, 2.05) is 27.7 Å². The first-order chi connectivity index (χ1) is 4.95. The van der Waals surface area contributed by atoms with E-state index in [2.05, 4.69) is 11.6 Å². The fourth-order valence-electron chi connectivity index (χ4n) is 0.435. The molecule has 0 saturated carbocycles. The molecule has 0 fully saturated rings. The van der Waals surface area contributed by atoms with Gasteiger partial charge in [-0.1, -0.05) is 12.2 Å². The Hall–Kier alpha value is -1.05. The van der Waals surface area contributed by atoms with Crippen molar-refractivity contribution >= 4 is 5.71 Å². The van der Waals surface area contributed by atoms with E-state index in [0.717, 1.165) is 11.4 Å². The third-order valence-electron chi connectivity index (χ3n) is 1.52. The van der Waals surface area contributed by atoms with Gasteiger partial charge in [0.25, 0.3) is 0 Å². The summed E-state index contributed by atoms with van der Waals surface area (Å²) in [6, 6.07) is 0. The molecule has 0 atom stereocenters. The zero-order valence-electron chi connectivity index (χ0n) is 7.73. The van der Waals surface area contributed by atoms with Crippen LogP contribution >= 0.6 is 0 Å². The van der Waals surface area contributed by atoms with Gasteiger partial charge in [0.2, 0.25) is 0 Å². The highest BCUT2D eigenvalue weighted by molar-refractivity contribution is 5.97. The molecule has 0 bridgehead atoms. The molecule has 2 heteroatoms. The molecule has 0 unspecified atom stereocenters. The van der Waals surface area contributed by atoms with Crippen LogP contribution < -0.4 is 5.73 Å². The van der Waals surface area contributed by atoms with Gasteiger partial charge in [-0.3, -0.25) is 4.99 Å². The average molecular weight is 152 g/mol. The third kappa shape index (κ3) is 3.61. The molecule has 2 N–H and O–H groups in total. The van der Waals surface area contributed by atoms with E-state index in [0.29, 0.717) is 5.70 Å². The van der Waals surface area contributed by atoms with Crippen LogP contribution in [-0.2, 0) is 0 Å². The summed E-state index contributed by atoms with van der Waals surface area (Å²) in [4.78, 5) is 4.25. The van der Waals surface area contributed by atoms with Crippen molar-refractivity contribution < 1.29 is 0 Å². The average Bonchev–Trinajstić information content (AvgIpc) is 1.87. The van der Waals surface area contributed by atoms with Crippen LogP contribution in [0.3, 0.4) is 0 Å². The lowest BCUT2D eigenvalue weighted by Crippen LogP contribution is -2.05. The first kappa shape index (κ1) is 9.95. The van der Waals surface area contributed by atoms with E-state index >= 15 is 0 Å². The van der Waals surface area contributed by atoms with Crippen LogP contribution in [0.25, 0.3) is 0 Å². The predicted octanol–water partition coefficient (Wildman–Crippen LogP) is 2.23. The summed E-state index contributed by atoms with van der Waals surface area (Å²) in [7, 11) is 0. The number of hydrogen-bond donors (Lipinski definition) is 1. The molecule has 0 aliphatic heterocycles. The summed E-state index contributed by atoms with van der Waals surface area (Å²) >= 11 is 0. The molecule has 0 aromatic heterocycles. The summed E-state index contributed by atoms with van der Waals surface area (Å²) in [6.45, 7) is 11.4. The molecule has 0 amide bonds. The van der Waals surface area contributed by atoms with Gasteiger partial charge in [-0.05, 0) is 27.7 Å². The smallest absolute Gasteiger partial charge is 0.0598 e. The van der Waals surface area contributed by atoms with Crippen molar-refractivity contribution in [3.8, 4) is 0 Å². The van der Waals surface area contributed by atoms with E-state index in [1.165, 1.54) is 5.57 Å². The Morgan fingerprint density at radius 1 is 1.18 bits per heavy atom. The van der Waals surface area contributed by atoms with Crippen molar-refractivity contribution in [1.29, 1.82) is 0 Å². The monoisotopic (exact) mass is 152 g/mol. The van der Waals surface area contributed by atoms with Gasteiger partial charge in [0.1, 0.15) is 0 Å². The quantitative estimate of drug-likeness (QED) is 0.605. The molecule has 0 aromatic rings. The molecular weight excluding hydrogens is 136 g/mol. The fourth-order valence-corrected chi connectivity index (χ4v) is 0.435. The minimum absolute atomic E-state index is 0.533. The van der Waals surface area contributed by atoms with E-state index < -0.39 is 0 Å². The van der Waals surface area contributed by atoms with E-state index in [4.69, 9.17) is 5.73 Å². The molecule has 62 valence electrons. The predicted molar refractivity (Wildman–Crippen MR) is 50.5 cm³/mol. The molecule has 11 heavy (non-hydrogen) atoms. The van der Waals surface area contributed by atoms with Gasteiger partial charge in [-0.25, -0.2) is 0 Å². The second-order valence-electron chi connectivity index (χ2n) is 2.81. The molecular formula is C9H16N2. The lowest BCUT2D eigenvalue weighted by Gasteiger charge is -2.00. The van der Waals surface area contributed by atoms with Crippen LogP contribution in [0.5, 0.6) is 0 Å². The number of aliphatic imine (C=N–C) groups is 1. The molecule has 0 aliphatic carbocycles. The Kier molecular flexibility index (Phi) is 3.58. The maximum Gasteiger partial charge on any atom is 0.0598 e. The van der Waals surface area contributed by atoms with Crippen molar-refractivity contribution in [2.45, 2.75) is 27.7 Å². The summed E-state index contributed by atoms with van der Waals surface area (Å²) in [6.07, 6.45) is 0. The van der Waals surface area contributed by atoms with Crippen LogP contribution in [0.2, 0.25) is 0 Å². The molecule has 2 nitrogen and oxygen atoms in total. The Bertz CT molecular complexity index is 218. The van der Waals surface area contributed by atoms with Crippen LogP contribution in [-0.4, -0.2) is 5.71 Å². The Morgan fingerprint density at radius 2 is 1.64 bits per heavy atom. The van der Waals surface area contributed by atoms with Crippen molar-refractivity contribution in [3.63, 3.8) is 0 Å². The first-order valence-corrected chi connectivity index (χ1v) is 3.59. The SMILES string of the molecule is C=C(N)/C(C)=N\C(C)=C(C)C. The van der Waals surface area contributed by atoms with E-state index in [1.54, 1.807) is 0 Å². The van der Waals surface area contributed by atoms with Gasteiger partial charge >= 0.3 is 0 Å². The highest BCUT2D eigenvalue weighted by atomic mass is 14.8. The third-order valence-corrected chi connectivity index (χ3v) is 1.52. The van der Waals surface area contributed by atoms with Gasteiger partial charge in [-0.15, -0.1) is 0 Å². The summed E-state index contributed by atoms with van der Waals surface area (Å²) in [5.41, 5.74) is 8.97. The van der Waals surface area contributed by atoms with Gasteiger partial charge in [0.15, 0.2) is 0 Å². The van der Waals surface area contributed by atoms with Gasteiger partial charge in [0, 0.05) is 11.4 Å². The highest BCUT2D eigenvalue weighted by Gasteiger charge is 1.93. The maximum absolute atomic E-state index is 5.44. The van der Waals surface area contributed by atoms with Gasteiger partial charge < -0.3 is 5.73 Å². The topological polar surface area (TPSA) is 38.4 Å². The molecule has 0 aliphatic rings. The van der Waals surface area contributed by atoms with Crippen molar-refractivity contribution in [3.05, 3.63) is 23.5 Å². The first-order valence-electron chi connectivity index (χ1n) is 3.59. The molecule has 0 heterocycles. The largest absolute Gasteiger partial charge is 0.398 e. The summed E-state index contributed by atoms with van der Waals surface area (Å²) < 4.78 is 0.